The third kappa shape index (κ3) is 2.45. The molecule has 5 rings (SSSR count). The molecule has 1 saturated carbocycles. The first kappa shape index (κ1) is 14.5. The van der Waals surface area contributed by atoms with Gasteiger partial charge in [-0.2, -0.15) is 0 Å². The number of carboxylic acid groups (broad SMARTS) is 1. The number of rotatable bonds is 3. The number of nitrogens with zero attached hydrogens (tertiary/aromatic N) is 2. The van der Waals surface area contributed by atoms with Crippen LogP contribution in [0.5, 0.6) is 0 Å². The van der Waals surface area contributed by atoms with Gasteiger partial charge in [-0.15, -0.1) is 10.2 Å². The molecule has 6 heteroatoms. The predicted octanol–water partition coefficient (Wildman–Crippen LogP) is 4.33. The summed E-state index contributed by atoms with van der Waals surface area (Å²) >= 11 is 6.03. The molecule has 3 aliphatic carbocycles. The highest BCUT2D eigenvalue weighted by molar-refractivity contribution is 6.30. The fraction of sp³-hybridized carbons (Fsp3) is 0.353. The van der Waals surface area contributed by atoms with E-state index in [0.29, 0.717) is 16.8 Å². The van der Waals surface area contributed by atoms with Crippen LogP contribution in [-0.2, 0) is 0 Å². The number of carboxylic acids is 1. The summed E-state index contributed by atoms with van der Waals surface area (Å²) in [5, 5.41) is 21.5. The van der Waals surface area contributed by atoms with Crippen molar-refractivity contribution in [2.75, 3.05) is 5.32 Å². The number of anilines is 2. The second-order valence-electron chi connectivity index (χ2n) is 6.21. The van der Waals surface area contributed by atoms with Crippen molar-refractivity contribution in [3.8, 4) is 0 Å². The van der Waals surface area contributed by atoms with Gasteiger partial charge in [-0.25, -0.2) is 4.79 Å². The summed E-state index contributed by atoms with van der Waals surface area (Å²) in [6.45, 7) is 0. The minimum atomic E-state index is -0.990. The van der Waals surface area contributed by atoms with E-state index in [2.05, 4.69) is 15.5 Å². The molecule has 1 fully saturated rings. The number of hydrogen-bond donors (Lipinski definition) is 2. The highest BCUT2D eigenvalue weighted by atomic mass is 35.5. The number of nitrogens with one attached hydrogen (secondary N) is 1. The van der Waals surface area contributed by atoms with Crippen molar-refractivity contribution in [3.05, 3.63) is 46.1 Å². The van der Waals surface area contributed by atoms with E-state index in [0.717, 1.165) is 42.5 Å². The summed E-state index contributed by atoms with van der Waals surface area (Å²) in [6, 6.07) is 7.40. The largest absolute Gasteiger partial charge is 0.476 e. The molecule has 0 aliphatic heterocycles. The molecule has 2 aromatic rings. The van der Waals surface area contributed by atoms with E-state index < -0.39 is 5.97 Å². The summed E-state index contributed by atoms with van der Waals surface area (Å²) in [6.07, 6.45) is 4.26. The summed E-state index contributed by atoms with van der Waals surface area (Å²) in [5.41, 5.74) is 2.88. The third-order valence-corrected chi connectivity index (χ3v) is 5.12. The van der Waals surface area contributed by atoms with Crippen LogP contribution < -0.4 is 5.32 Å². The molecular formula is C17H16ClN3O2. The second kappa shape index (κ2) is 5.49. The van der Waals surface area contributed by atoms with Crippen molar-refractivity contribution < 1.29 is 9.90 Å². The highest BCUT2D eigenvalue weighted by Crippen LogP contribution is 2.52. The Morgan fingerprint density at radius 1 is 1.13 bits per heavy atom. The zero-order chi connectivity index (χ0) is 16.0. The molecule has 1 aromatic heterocycles. The van der Waals surface area contributed by atoms with E-state index in [9.17, 15) is 9.90 Å². The minimum Gasteiger partial charge on any atom is -0.476 e. The van der Waals surface area contributed by atoms with E-state index in [1.54, 1.807) is 0 Å². The Kier molecular flexibility index (Phi) is 3.45. The highest BCUT2D eigenvalue weighted by Gasteiger charge is 2.39. The average Bonchev–Trinajstić information content (AvgIpc) is 2.56. The van der Waals surface area contributed by atoms with Gasteiger partial charge in [0.05, 0.1) is 0 Å². The molecule has 2 N–H and O–H groups in total. The van der Waals surface area contributed by atoms with Gasteiger partial charge >= 0.3 is 5.97 Å². The molecule has 0 spiro atoms. The first-order valence-electron chi connectivity index (χ1n) is 7.80. The third-order valence-electron chi connectivity index (χ3n) is 4.88. The first-order valence-corrected chi connectivity index (χ1v) is 8.17. The Labute approximate surface area is 138 Å². The summed E-state index contributed by atoms with van der Waals surface area (Å²) in [5.74, 6) is 0.332. The standard InChI is InChI=1S/C17H16ClN3O2/c18-11-2-1-3-12(8-11)19-16-14-10-6-4-9(5-7-10)13(14)15(17(22)23)20-21-16/h1-3,8-10H,4-7H2,(H,19,21)(H,22,23). The van der Waals surface area contributed by atoms with Crippen molar-refractivity contribution in [3.63, 3.8) is 0 Å². The maximum atomic E-state index is 11.5. The molecule has 1 aromatic carbocycles. The minimum absolute atomic E-state index is 0.117. The Bertz CT molecular complexity index is 785. The number of aromatic carboxylic acids is 1. The van der Waals surface area contributed by atoms with Crippen LogP contribution in [-0.4, -0.2) is 21.3 Å². The molecule has 118 valence electrons. The molecule has 0 atom stereocenters. The van der Waals surface area contributed by atoms with Gasteiger partial charge in [-0.05, 0) is 61.3 Å². The molecule has 0 saturated heterocycles. The van der Waals surface area contributed by atoms with Crippen LogP contribution in [0.2, 0.25) is 5.02 Å². The summed E-state index contributed by atoms with van der Waals surface area (Å²) in [7, 11) is 0. The van der Waals surface area contributed by atoms with Gasteiger partial charge in [0.15, 0.2) is 11.5 Å². The molecule has 2 bridgehead atoms. The predicted molar refractivity (Wildman–Crippen MR) is 87.7 cm³/mol. The molecule has 0 radical (unpaired) electrons. The fourth-order valence-electron chi connectivity index (χ4n) is 3.91. The van der Waals surface area contributed by atoms with E-state index in [4.69, 9.17) is 11.6 Å². The Hall–Kier alpha value is -2.14. The second-order valence-corrected chi connectivity index (χ2v) is 6.65. The van der Waals surface area contributed by atoms with Crippen LogP contribution >= 0.6 is 11.6 Å². The van der Waals surface area contributed by atoms with Crippen molar-refractivity contribution in [1.29, 1.82) is 0 Å². The van der Waals surface area contributed by atoms with Crippen LogP contribution in [0.4, 0.5) is 11.5 Å². The number of hydrogen-bond acceptors (Lipinski definition) is 4. The lowest BCUT2D eigenvalue weighted by Gasteiger charge is -2.39. The van der Waals surface area contributed by atoms with Gasteiger partial charge in [-0.3, -0.25) is 0 Å². The Balaban J connectivity index is 1.83. The van der Waals surface area contributed by atoms with E-state index in [-0.39, 0.29) is 11.6 Å². The van der Waals surface area contributed by atoms with Crippen LogP contribution in [0.25, 0.3) is 0 Å². The van der Waals surface area contributed by atoms with Crippen molar-refractivity contribution in [2.45, 2.75) is 37.5 Å². The van der Waals surface area contributed by atoms with Crippen molar-refractivity contribution in [1.82, 2.24) is 10.2 Å². The maximum Gasteiger partial charge on any atom is 0.356 e. The fourth-order valence-corrected chi connectivity index (χ4v) is 4.10. The molecular weight excluding hydrogens is 314 g/mol. The normalized spacial score (nSPS) is 21.8. The van der Waals surface area contributed by atoms with Gasteiger partial charge in [0.1, 0.15) is 0 Å². The van der Waals surface area contributed by atoms with Gasteiger partial charge in [0.2, 0.25) is 0 Å². The van der Waals surface area contributed by atoms with Crippen LogP contribution in [0.15, 0.2) is 24.3 Å². The van der Waals surface area contributed by atoms with E-state index >= 15 is 0 Å². The zero-order valence-electron chi connectivity index (χ0n) is 12.4. The first-order chi connectivity index (χ1) is 11.1. The number of carbonyl (C=O) groups is 1. The quantitative estimate of drug-likeness (QED) is 0.876. The molecule has 3 aliphatic rings. The van der Waals surface area contributed by atoms with E-state index in [1.165, 1.54) is 0 Å². The monoisotopic (exact) mass is 329 g/mol. The number of benzene rings is 1. The van der Waals surface area contributed by atoms with Crippen LogP contribution in [0, 0.1) is 0 Å². The molecule has 0 amide bonds. The number of halogens is 1. The lowest BCUT2D eigenvalue weighted by molar-refractivity contribution is 0.0685. The topological polar surface area (TPSA) is 75.1 Å². The number of aromatic nitrogens is 2. The van der Waals surface area contributed by atoms with Gasteiger partial charge in [0, 0.05) is 16.3 Å². The lowest BCUT2D eigenvalue weighted by atomic mass is 9.66. The van der Waals surface area contributed by atoms with Crippen LogP contribution in [0.3, 0.4) is 0 Å². The molecule has 5 nitrogen and oxygen atoms in total. The lowest BCUT2D eigenvalue weighted by Crippen LogP contribution is -2.27. The SMILES string of the molecule is O=C(O)c1nnc(Nc2cccc(Cl)c2)c2c1C1CCC2CC1. The number of fused-ring (bicyclic) bond motifs is 2. The van der Waals surface area contributed by atoms with Gasteiger partial charge in [-0.1, -0.05) is 17.7 Å². The average molecular weight is 330 g/mol. The van der Waals surface area contributed by atoms with Gasteiger partial charge < -0.3 is 10.4 Å². The van der Waals surface area contributed by atoms with Crippen molar-refractivity contribution in [2.24, 2.45) is 0 Å². The molecule has 23 heavy (non-hydrogen) atoms. The van der Waals surface area contributed by atoms with Crippen LogP contribution in [0.1, 0.15) is 59.1 Å². The zero-order valence-corrected chi connectivity index (χ0v) is 13.2. The molecule has 1 heterocycles. The summed E-state index contributed by atoms with van der Waals surface area (Å²) < 4.78 is 0. The van der Waals surface area contributed by atoms with Crippen molar-refractivity contribution >= 4 is 29.1 Å². The summed E-state index contributed by atoms with van der Waals surface area (Å²) in [4.78, 5) is 11.5. The Morgan fingerprint density at radius 3 is 2.48 bits per heavy atom. The smallest absolute Gasteiger partial charge is 0.356 e. The maximum absolute atomic E-state index is 11.5. The Morgan fingerprint density at radius 2 is 1.83 bits per heavy atom. The van der Waals surface area contributed by atoms with E-state index in [1.807, 2.05) is 24.3 Å². The molecule has 0 unspecified atom stereocenters. The van der Waals surface area contributed by atoms with Gasteiger partial charge in [0.25, 0.3) is 0 Å².